The standard InChI is InChI=1S/C14H9ClF3NO2/c15-10-6-9(14(16,17)18)7-19-12(10)11(13(20)21)8-4-2-1-3-5-8/h1-7,11H,(H,20,21). The van der Waals surface area contributed by atoms with E-state index < -0.39 is 23.6 Å². The van der Waals surface area contributed by atoms with Gasteiger partial charge in [0.15, 0.2) is 0 Å². The van der Waals surface area contributed by atoms with Crippen LogP contribution in [0.2, 0.25) is 5.02 Å². The van der Waals surface area contributed by atoms with Crippen LogP contribution < -0.4 is 0 Å². The normalized spacial score (nSPS) is 13.0. The average molecular weight is 316 g/mol. The fourth-order valence-electron chi connectivity index (χ4n) is 1.88. The molecule has 7 heteroatoms. The first-order valence-corrected chi connectivity index (χ1v) is 6.19. The number of alkyl halides is 3. The molecule has 1 aromatic carbocycles. The molecule has 0 aliphatic heterocycles. The number of carboxylic acid groups (broad SMARTS) is 1. The summed E-state index contributed by atoms with van der Waals surface area (Å²) >= 11 is 5.80. The van der Waals surface area contributed by atoms with Crippen molar-refractivity contribution in [3.05, 3.63) is 64.4 Å². The van der Waals surface area contributed by atoms with Gasteiger partial charge in [0.05, 0.1) is 16.3 Å². The summed E-state index contributed by atoms with van der Waals surface area (Å²) in [5, 5.41) is 8.98. The van der Waals surface area contributed by atoms with Crippen molar-refractivity contribution >= 4 is 17.6 Å². The van der Waals surface area contributed by atoms with Crippen molar-refractivity contribution in [2.45, 2.75) is 12.1 Å². The van der Waals surface area contributed by atoms with Gasteiger partial charge in [-0.1, -0.05) is 41.9 Å². The Bertz CT molecular complexity index is 659. The second-order valence-electron chi connectivity index (χ2n) is 4.27. The molecule has 0 fully saturated rings. The van der Waals surface area contributed by atoms with Gasteiger partial charge in [0.1, 0.15) is 5.92 Å². The van der Waals surface area contributed by atoms with Crippen molar-refractivity contribution in [1.29, 1.82) is 0 Å². The molecule has 0 amide bonds. The van der Waals surface area contributed by atoms with Crippen LogP contribution in [-0.2, 0) is 11.0 Å². The van der Waals surface area contributed by atoms with E-state index in [4.69, 9.17) is 11.6 Å². The third-order valence-corrected chi connectivity index (χ3v) is 3.15. The molecule has 0 saturated heterocycles. The summed E-state index contributed by atoms with van der Waals surface area (Å²) in [5.41, 5.74) is -0.754. The van der Waals surface area contributed by atoms with E-state index >= 15 is 0 Å². The van der Waals surface area contributed by atoms with Gasteiger partial charge >= 0.3 is 12.1 Å². The SMILES string of the molecule is O=C(O)C(c1ccccc1)c1ncc(C(F)(F)F)cc1Cl. The Balaban J connectivity index is 2.50. The zero-order valence-corrected chi connectivity index (χ0v) is 11.2. The van der Waals surface area contributed by atoms with E-state index in [-0.39, 0.29) is 10.7 Å². The van der Waals surface area contributed by atoms with Gasteiger partial charge in [0.2, 0.25) is 0 Å². The molecule has 2 rings (SSSR count). The number of hydrogen-bond acceptors (Lipinski definition) is 2. The summed E-state index contributed by atoms with van der Waals surface area (Å²) < 4.78 is 37.7. The lowest BCUT2D eigenvalue weighted by Gasteiger charge is -2.15. The maximum absolute atomic E-state index is 12.6. The molecule has 0 aliphatic carbocycles. The van der Waals surface area contributed by atoms with Gasteiger partial charge < -0.3 is 5.11 Å². The van der Waals surface area contributed by atoms with E-state index in [1.165, 1.54) is 0 Å². The molecule has 1 heterocycles. The van der Waals surface area contributed by atoms with Crippen LogP contribution in [0.1, 0.15) is 22.7 Å². The maximum atomic E-state index is 12.6. The molecule has 21 heavy (non-hydrogen) atoms. The maximum Gasteiger partial charge on any atom is 0.417 e. The number of carbonyl (C=O) groups is 1. The van der Waals surface area contributed by atoms with Gasteiger partial charge in [-0.05, 0) is 11.6 Å². The van der Waals surface area contributed by atoms with E-state index in [0.29, 0.717) is 17.8 Å². The summed E-state index contributed by atoms with van der Waals surface area (Å²) in [6.45, 7) is 0. The smallest absolute Gasteiger partial charge is 0.417 e. The van der Waals surface area contributed by atoms with Gasteiger partial charge in [-0.3, -0.25) is 9.78 Å². The minimum absolute atomic E-state index is 0.122. The van der Waals surface area contributed by atoms with Crippen LogP contribution in [0.15, 0.2) is 42.6 Å². The highest BCUT2D eigenvalue weighted by Crippen LogP contribution is 2.34. The van der Waals surface area contributed by atoms with Gasteiger partial charge in [-0.2, -0.15) is 13.2 Å². The summed E-state index contributed by atoms with van der Waals surface area (Å²) in [6, 6.07) is 8.74. The lowest BCUT2D eigenvalue weighted by atomic mass is 9.95. The fourth-order valence-corrected chi connectivity index (χ4v) is 2.15. The van der Waals surface area contributed by atoms with Crippen LogP contribution in [0.25, 0.3) is 0 Å². The molecule has 0 aliphatic rings. The third-order valence-electron chi connectivity index (χ3n) is 2.85. The molecule has 0 bridgehead atoms. The molecule has 0 saturated carbocycles. The van der Waals surface area contributed by atoms with E-state index in [0.717, 1.165) is 0 Å². The molecule has 110 valence electrons. The molecule has 0 radical (unpaired) electrons. The van der Waals surface area contributed by atoms with Crippen molar-refractivity contribution in [1.82, 2.24) is 4.98 Å². The molecule has 1 aromatic heterocycles. The van der Waals surface area contributed by atoms with Crippen LogP contribution in [0.5, 0.6) is 0 Å². The fraction of sp³-hybridized carbons (Fsp3) is 0.143. The Hall–Kier alpha value is -2.08. The largest absolute Gasteiger partial charge is 0.480 e. The zero-order valence-electron chi connectivity index (χ0n) is 10.4. The average Bonchev–Trinajstić information content (AvgIpc) is 2.40. The number of pyridine rings is 1. The van der Waals surface area contributed by atoms with E-state index in [1.807, 2.05) is 0 Å². The molecule has 0 spiro atoms. The summed E-state index contributed by atoms with van der Waals surface area (Å²) in [4.78, 5) is 15.0. The Labute approximate surface area is 123 Å². The highest BCUT2D eigenvalue weighted by molar-refractivity contribution is 6.31. The van der Waals surface area contributed by atoms with Crippen molar-refractivity contribution in [3.63, 3.8) is 0 Å². The molecule has 1 N–H and O–H groups in total. The molecule has 1 unspecified atom stereocenters. The highest BCUT2D eigenvalue weighted by Gasteiger charge is 2.33. The number of halogens is 4. The highest BCUT2D eigenvalue weighted by atomic mass is 35.5. The van der Waals surface area contributed by atoms with Crippen molar-refractivity contribution in [3.8, 4) is 0 Å². The number of benzene rings is 1. The van der Waals surface area contributed by atoms with E-state index in [1.54, 1.807) is 30.3 Å². The molecule has 1 atom stereocenters. The summed E-state index contributed by atoms with van der Waals surface area (Å²) in [6.07, 6.45) is -4.00. The quantitative estimate of drug-likeness (QED) is 0.932. The lowest BCUT2D eigenvalue weighted by Crippen LogP contribution is -2.16. The monoisotopic (exact) mass is 315 g/mol. The number of aromatic nitrogens is 1. The number of rotatable bonds is 3. The minimum Gasteiger partial charge on any atom is -0.480 e. The first kappa shape index (κ1) is 15.3. The Morgan fingerprint density at radius 1 is 1.24 bits per heavy atom. The van der Waals surface area contributed by atoms with Crippen LogP contribution in [0, 0.1) is 0 Å². The Morgan fingerprint density at radius 3 is 2.33 bits per heavy atom. The molecule has 2 aromatic rings. The van der Waals surface area contributed by atoms with Crippen LogP contribution >= 0.6 is 11.6 Å². The lowest BCUT2D eigenvalue weighted by molar-refractivity contribution is -0.138. The van der Waals surface area contributed by atoms with E-state index in [9.17, 15) is 23.1 Å². The second kappa shape index (κ2) is 5.73. The van der Waals surface area contributed by atoms with Gasteiger partial charge in [0.25, 0.3) is 0 Å². The van der Waals surface area contributed by atoms with Gasteiger partial charge in [-0.25, -0.2) is 0 Å². The van der Waals surface area contributed by atoms with Crippen molar-refractivity contribution < 1.29 is 23.1 Å². The van der Waals surface area contributed by atoms with Crippen LogP contribution in [-0.4, -0.2) is 16.1 Å². The van der Waals surface area contributed by atoms with Crippen LogP contribution in [0.4, 0.5) is 13.2 Å². The zero-order chi connectivity index (χ0) is 15.6. The third kappa shape index (κ3) is 3.33. The predicted molar refractivity (Wildman–Crippen MR) is 70.2 cm³/mol. The number of carboxylic acids is 1. The van der Waals surface area contributed by atoms with Crippen molar-refractivity contribution in [2.24, 2.45) is 0 Å². The Kier molecular flexibility index (Phi) is 4.18. The molecule has 3 nitrogen and oxygen atoms in total. The second-order valence-corrected chi connectivity index (χ2v) is 4.68. The minimum atomic E-state index is -4.58. The van der Waals surface area contributed by atoms with Gasteiger partial charge in [0, 0.05) is 6.20 Å². The molecular weight excluding hydrogens is 307 g/mol. The number of nitrogens with zero attached hydrogens (tertiary/aromatic N) is 1. The van der Waals surface area contributed by atoms with Crippen LogP contribution in [0.3, 0.4) is 0 Å². The first-order chi connectivity index (χ1) is 9.80. The number of aliphatic carboxylic acids is 1. The van der Waals surface area contributed by atoms with E-state index in [2.05, 4.69) is 4.98 Å². The van der Waals surface area contributed by atoms with Crippen molar-refractivity contribution in [2.75, 3.05) is 0 Å². The Morgan fingerprint density at radius 2 is 1.86 bits per heavy atom. The number of hydrogen-bond donors (Lipinski definition) is 1. The summed E-state index contributed by atoms with van der Waals surface area (Å²) in [7, 11) is 0. The topological polar surface area (TPSA) is 50.2 Å². The van der Waals surface area contributed by atoms with Gasteiger partial charge in [-0.15, -0.1) is 0 Å². The first-order valence-electron chi connectivity index (χ1n) is 5.81. The molecular formula is C14H9ClF3NO2. The predicted octanol–water partition coefficient (Wildman–Crippen LogP) is 3.97. The summed E-state index contributed by atoms with van der Waals surface area (Å²) in [5.74, 6) is -2.46.